The van der Waals surface area contributed by atoms with E-state index >= 15 is 0 Å². The van der Waals surface area contributed by atoms with Crippen LogP contribution in [0.4, 0.5) is 9.52 Å². The molecule has 0 atom stereocenters. The number of hydrogen-bond acceptors (Lipinski definition) is 4. The minimum Gasteiger partial charge on any atom is -0.483 e. The Balaban J connectivity index is 1.68. The number of amides is 1. The number of benzene rings is 2. The number of nitrogens with zero attached hydrogens (tertiary/aromatic N) is 1. The van der Waals surface area contributed by atoms with Gasteiger partial charge in [0.2, 0.25) is 0 Å². The van der Waals surface area contributed by atoms with Crippen LogP contribution in [-0.4, -0.2) is 17.5 Å². The van der Waals surface area contributed by atoms with Gasteiger partial charge in [-0.3, -0.25) is 10.1 Å². The maximum absolute atomic E-state index is 13.1. The van der Waals surface area contributed by atoms with Gasteiger partial charge in [0.05, 0.1) is 5.69 Å². The summed E-state index contributed by atoms with van der Waals surface area (Å²) in [7, 11) is 0. The van der Waals surface area contributed by atoms with Crippen molar-refractivity contribution < 1.29 is 13.9 Å². The number of aromatic nitrogens is 1. The molecular formula is C22H22BrFN2O2S. The molecule has 0 bridgehead atoms. The third-order valence-corrected chi connectivity index (χ3v) is 5.65. The van der Waals surface area contributed by atoms with Crippen molar-refractivity contribution in [1.82, 2.24) is 4.98 Å². The zero-order valence-corrected chi connectivity index (χ0v) is 19.1. The second-order valence-electron chi connectivity index (χ2n) is 7.66. The maximum atomic E-state index is 13.1. The van der Waals surface area contributed by atoms with Crippen molar-refractivity contribution in [3.63, 3.8) is 0 Å². The van der Waals surface area contributed by atoms with Gasteiger partial charge in [-0.25, -0.2) is 9.37 Å². The zero-order chi connectivity index (χ0) is 21.2. The molecule has 7 heteroatoms. The van der Waals surface area contributed by atoms with Gasteiger partial charge >= 0.3 is 0 Å². The van der Waals surface area contributed by atoms with Crippen molar-refractivity contribution in [3.8, 4) is 17.0 Å². The summed E-state index contributed by atoms with van der Waals surface area (Å²) in [6, 6.07) is 11.9. The molecule has 152 valence electrons. The third-order valence-electron chi connectivity index (χ3n) is 4.27. The van der Waals surface area contributed by atoms with E-state index < -0.39 is 0 Å². The van der Waals surface area contributed by atoms with E-state index in [0.29, 0.717) is 10.9 Å². The van der Waals surface area contributed by atoms with E-state index in [1.54, 1.807) is 12.1 Å². The highest BCUT2D eigenvalue weighted by atomic mass is 79.9. The Morgan fingerprint density at radius 2 is 1.90 bits per heavy atom. The van der Waals surface area contributed by atoms with Crippen LogP contribution in [0, 0.1) is 12.7 Å². The normalized spacial score (nSPS) is 11.4. The van der Waals surface area contributed by atoms with Gasteiger partial charge in [-0.1, -0.05) is 36.7 Å². The van der Waals surface area contributed by atoms with Crippen LogP contribution in [0.5, 0.6) is 5.75 Å². The first-order valence-electron chi connectivity index (χ1n) is 9.09. The van der Waals surface area contributed by atoms with Crippen molar-refractivity contribution in [2.24, 2.45) is 0 Å². The Labute approximate surface area is 182 Å². The number of hydrogen-bond donors (Lipinski definition) is 1. The van der Waals surface area contributed by atoms with Crippen LogP contribution in [0.15, 0.2) is 46.9 Å². The summed E-state index contributed by atoms with van der Waals surface area (Å²) in [6.45, 7) is 8.08. The predicted molar refractivity (Wildman–Crippen MR) is 119 cm³/mol. The van der Waals surface area contributed by atoms with Gasteiger partial charge in [-0.2, -0.15) is 0 Å². The average molecular weight is 477 g/mol. The molecule has 0 aliphatic carbocycles. The molecule has 1 N–H and O–H groups in total. The van der Waals surface area contributed by atoms with Gasteiger partial charge in [-0.05, 0) is 54.8 Å². The Hall–Kier alpha value is -2.25. The van der Waals surface area contributed by atoms with Crippen LogP contribution in [-0.2, 0) is 10.2 Å². The van der Waals surface area contributed by atoms with Crippen LogP contribution in [0.25, 0.3) is 11.3 Å². The monoisotopic (exact) mass is 476 g/mol. The topological polar surface area (TPSA) is 51.2 Å². The number of thiazole rings is 1. The van der Waals surface area contributed by atoms with Crippen molar-refractivity contribution in [3.05, 3.63) is 63.2 Å². The van der Waals surface area contributed by atoms with Crippen molar-refractivity contribution >= 4 is 38.3 Å². The minimum atomic E-state index is -0.296. The molecule has 0 spiro atoms. The van der Waals surface area contributed by atoms with Crippen molar-refractivity contribution in [2.75, 3.05) is 11.9 Å². The van der Waals surface area contributed by atoms with E-state index in [1.807, 2.05) is 25.1 Å². The number of nitrogens with one attached hydrogen (secondary N) is 1. The molecule has 0 fully saturated rings. The van der Waals surface area contributed by atoms with E-state index in [4.69, 9.17) is 4.74 Å². The first kappa shape index (κ1) is 21.5. The maximum Gasteiger partial charge on any atom is 0.264 e. The number of rotatable bonds is 5. The van der Waals surface area contributed by atoms with E-state index in [1.165, 1.54) is 23.5 Å². The first-order chi connectivity index (χ1) is 13.6. The lowest BCUT2D eigenvalue weighted by Crippen LogP contribution is -2.22. The summed E-state index contributed by atoms with van der Waals surface area (Å²) in [6.07, 6.45) is 0. The Morgan fingerprint density at radius 3 is 2.55 bits per heavy atom. The van der Waals surface area contributed by atoms with E-state index in [0.717, 1.165) is 26.2 Å². The molecule has 1 heterocycles. The molecule has 0 aliphatic heterocycles. The number of ether oxygens (including phenoxy) is 1. The second-order valence-corrected chi connectivity index (χ2v) is 9.78. The summed E-state index contributed by atoms with van der Waals surface area (Å²) in [5.41, 5.74) is 2.44. The number of carbonyl (C=O) groups excluding carboxylic acids is 1. The highest BCUT2D eigenvalue weighted by Crippen LogP contribution is 2.34. The minimum absolute atomic E-state index is 0.116. The molecule has 0 radical (unpaired) electrons. The van der Waals surface area contributed by atoms with E-state index in [9.17, 15) is 9.18 Å². The standard InChI is InChI=1S/C22H22BrFN2O2S/c1-13-20(14-5-8-16(24)9-6-14)26-21(29-13)25-19(27)12-28-18-10-7-15(23)11-17(18)22(2,3)4/h5-11H,12H2,1-4H3,(H,25,26,27). The molecule has 2 aromatic carbocycles. The smallest absolute Gasteiger partial charge is 0.264 e. The molecule has 0 unspecified atom stereocenters. The zero-order valence-electron chi connectivity index (χ0n) is 16.7. The quantitative estimate of drug-likeness (QED) is 0.467. The molecule has 1 amide bonds. The lowest BCUT2D eigenvalue weighted by atomic mass is 9.86. The van der Waals surface area contributed by atoms with Gasteiger partial charge < -0.3 is 4.74 Å². The molecular weight excluding hydrogens is 455 g/mol. The summed E-state index contributed by atoms with van der Waals surface area (Å²) in [5, 5.41) is 3.27. The Morgan fingerprint density at radius 1 is 1.21 bits per heavy atom. The molecule has 1 aromatic heterocycles. The van der Waals surface area contributed by atoms with E-state index in [2.05, 4.69) is 47.0 Å². The van der Waals surface area contributed by atoms with Gasteiger partial charge in [0, 0.05) is 20.5 Å². The van der Waals surface area contributed by atoms with Gasteiger partial charge in [0.25, 0.3) is 5.91 Å². The fraction of sp³-hybridized carbons (Fsp3) is 0.273. The van der Waals surface area contributed by atoms with E-state index in [-0.39, 0.29) is 23.7 Å². The third kappa shape index (κ3) is 5.42. The summed E-state index contributed by atoms with van der Waals surface area (Å²) >= 11 is 4.86. The molecule has 0 aliphatic rings. The molecule has 0 saturated carbocycles. The van der Waals surface area contributed by atoms with Crippen molar-refractivity contribution in [2.45, 2.75) is 33.1 Å². The van der Waals surface area contributed by atoms with Crippen LogP contribution < -0.4 is 10.1 Å². The number of aryl methyl sites for hydroxylation is 1. The SMILES string of the molecule is Cc1sc(NC(=O)COc2ccc(Br)cc2C(C)(C)C)nc1-c1ccc(F)cc1. The molecule has 0 saturated heterocycles. The summed E-state index contributed by atoms with van der Waals surface area (Å²) in [5.74, 6) is 0.0974. The summed E-state index contributed by atoms with van der Waals surface area (Å²) < 4.78 is 19.9. The molecule has 3 rings (SSSR count). The molecule has 4 nitrogen and oxygen atoms in total. The number of carbonyl (C=O) groups is 1. The fourth-order valence-corrected chi connectivity index (χ4v) is 4.05. The highest BCUT2D eigenvalue weighted by Gasteiger charge is 2.20. The second kappa shape index (κ2) is 8.63. The molecule has 3 aromatic rings. The summed E-state index contributed by atoms with van der Waals surface area (Å²) in [4.78, 5) is 17.8. The lowest BCUT2D eigenvalue weighted by Gasteiger charge is -2.23. The largest absolute Gasteiger partial charge is 0.483 e. The number of halogens is 2. The van der Waals surface area contributed by atoms with Gasteiger partial charge in [0.15, 0.2) is 11.7 Å². The Kier molecular flexibility index (Phi) is 6.39. The van der Waals surface area contributed by atoms with Crippen molar-refractivity contribution in [1.29, 1.82) is 0 Å². The predicted octanol–water partition coefficient (Wildman–Crippen LogP) is 6.34. The van der Waals surface area contributed by atoms with Crippen LogP contribution in [0.3, 0.4) is 0 Å². The highest BCUT2D eigenvalue weighted by molar-refractivity contribution is 9.10. The van der Waals surface area contributed by atoms with Crippen LogP contribution in [0.2, 0.25) is 0 Å². The Bertz CT molecular complexity index is 1030. The first-order valence-corrected chi connectivity index (χ1v) is 10.7. The van der Waals surface area contributed by atoms with Crippen LogP contribution >= 0.6 is 27.3 Å². The van der Waals surface area contributed by atoms with Crippen LogP contribution in [0.1, 0.15) is 31.2 Å². The fourth-order valence-electron chi connectivity index (χ4n) is 2.84. The average Bonchev–Trinajstić information content (AvgIpc) is 3.00. The number of anilines is 1. The van der Waals surface area contributed by atoms with Gasteiger partial charge in [0.1, 0.15) is 11.6 Å². The van der Waals surface area contributed by atoms with Gasteiger partial charge in [-0.15, -0.1) is 11.3 Å². The lowest BCUT2D eigenvalue weighted by molar-refractivity contribution is -0.118. The molecule has 29 heavy (non-hydrogen) atoms.